The van der Waals surface area contributed by atoms with Crippen LogP contribution in [-0.4, -0.2) is 0 Å². The summed E-state index contributed by atoms with van der Waals surface area (Å²) in [6, 6.07) is 5.49. The topological polar surface area (TPSA) is 49.8 Å². The van der Waals surface area contributed by atoms with E-state index in [0.717, 1.165) is 4.47 Å². The Morgan fingerprint density at radius 1 is 1.58 bits per heavy atom. The van der Waals surface area contributed by atoms with Gasteiger partial charge in [0.25, 0.3) is 0 Å². The maximum absolute atomic E-state index is 8.48. The summed E-state index contributed by atoms with van der Waals surface area (Å²) in [4.78, 5) is 0. The Kier molecular flexibility index (Phi) is 2.96. The number of benzene rings is 1. The molecular weight excluding hydrogens is 239 g/mol. The Labute approximate surface area is 84.1 Å². The van der Waals surface area contributed by atoms with E-state index in [-0.39, 0.29) is 6.42 Å². The fourth-order valence-corrected chi connectivity index (χ4v) is 1.47. The van der Waals surface area contributed by atoms with Crippen molar-refractivity contribution >= 4 is 33.2 Å². The molecule has 1 aromatic carbocycles. The van der Waals surface area contributed by atoms with Gasteiger partial charge in [-0.15, -0.1) is 0 Å². The van der Waals surface area contributed by atoms with Crippen LogP contribution in [0.3, 0.4) is 0 Å². The van der Waals surface area contributed by atoms with Crippen LogP contribution in [0.1, 0.15) is 5.56 Å². The van der Waals surface area contributed by atoms with Gasteiger partial charge in [-0.2, -0.15) is 5.26 Å². The molecule has 62 valence electrons. The number of nitriles is 1. The van der Waals surface area contributed by atoms with Gasteiger partial charge in [-0.1, -0.05) is 11.6 Å². The molecule has 0 aliphatic heterocycles. The molecule has 2 nitrogen and oxygen atoms in total. The van der Waals surface area contributed by atoms with Crippen molar-refractivity contribution in [3.63, 3.8) is 0 Å². The molecule has 0 saturated carbocycles. The van der Waals surface area contributed by atoms with Crippen molar-refractivity contribution in [2.75, 3.05) is 5.73 Å². The van der Waals surface area contributed by atoms with Crippen LogP contribution in [0.25, 0.3) is 0 Å². The van der Waals surface area contributed by atoms with Crippen LogP contribution in [0.5, 0.6) is 0 Å². The lowest BCUT2D eigenvalue weighted by Gasteiger charge is -2.05. The molecule has 0 spiro atoms. The van der Waals surface area contributed by atoms with Gasteiger partial charge in [-0.25, -0.2) is 0 Å². The van der Waals surface area contributed by atoms with Crippen LogP contribution in [-0.2, 0) is 6.42 Å². The minimum Gasteiger partial charge on any atom is -0.398 e. The maximum atomic E-state index is 8.48. The van der Waals surface area contributed by atoms with E-state index in [1.807, 2.05) is 6.07 Å². The molecule has 0 amide bonds. The zero-order valence-electron chi connectivity index (χ0n) is 6.14. The standard InChI is InChI=1S/C8H6BrClN2/c9-6-1-2-7(10)5(3-4-11)8(6)12/h1-2H,3,12H2. The lowest BCUT2D eigenvalue weighted by atomic mass is 10.1. The first-order chi connectivity index (χ1) is 5.66. The van der Waals surface area contributed by atoms with Crippen LogP contribution in [0.2, 0.25) is 5.02 Å². The Balaban J connectivity index is 3.25. The Bertz CT molecular complexity index is 344. The molecule has 0 heterocycles. The summed E-state index contributed by atoms with van der Waals surface area (Å²) in [5, 5.41) is 9.02. The van der Waals surface area contributed by atoms with E-state index in [9.17, 15) is 0 Å². The predicted molar refractivity (Wildman–Crippen MR) is 52.9 cm³/mol. The first kappa shape index (κ1) is 9.37. The highest BCUT2D eigenvalue weighted by molar-refractivity contribution is 9.10. The first-order valence-corrected chi connectivity index (χ1v) is 4.43. The van der Waals surface area contributed by atoms with Crippen LogP contribution in [0.4, 0.5) is 5.69 Å². The van der Waals surface area contributed by atoms with Crippen molar-refractivity contribution in [2.45, 2.75) is 6.42 Å². The van der Waals surface area contributed by atoms with Crippen LogP contribution < -0.4 is 5.73 Å². The van der Waals surface area contributed by atoms with Gasteiger partial charge >= 0.3 is 0 Å². The third-order valence-corrected chi connectivity index (χ3v) is 2.55. The number of rotatable bonds is 1. The van der Waals surface area contributed by atoms with E-state index in [1.54, 1.807) is 12.1 Å². The fraction of sp³-hybridized carbons (Fsp3) is 0.125. The SMILES string of the molecule is N#CCc1c(Cl)ccc(Br)c1N. The van der Waals surface area contributed by atoms with Crippen molar-refractivity contribution in [1.29, 1.82) is 5.26 Å². The molecule has 4 heteroatoms. The number of halogens is 2. The van der Waals surface area contributed by atoms with Gasteiger partial charge in [0.2, 0.25) is 0 Å². The molecular formula is C8H6BrClN2. The first-order valence-electron chi connectivity index (χ1n) is 3.26. The van der Waals surface area contributed by atoms with Gasteiger partial charge in [0.15, 0.2) is 0 Å². The number of anilines is 1. The minimum atomic E-state index is 0.240. The molecule has 0 saturated heterocycles. The molecule has 0 fully saturated rings. The molecule has 0 radical (unpaired) electrons. The second kappa shape index (κ2) is 3.79. The summed E-state index contributed by atoms with van der Waals surface area (Å²) in [7, 11) is 0. The number of nitrogens with zero attached hydrogens (tertiary/aromatic N) is 1. The van der Waals surface area contributed by atoms with Crippen molar-refractivity contribution in [3.8, 4) is 6.07 Å². The number of hydrogen-bond donors (Lipinski definition) is 1. The molecule has 12 heavy (non-hydrogen) atoms. The Hall–Kier alpha value is -0.720. The smallest absolute Gasteiger partial charge is 0.0671 e. The molecule has 1 aromatic rings. The number of nitrogens with two attached hydrogens (primary N) is 1. The quantitative estimate of drug-likeness (QED) is 0.774. The van der Waals surface area contributed by atoms with Gasteiger partial charge in [-0.3, -0.25) is 0 Å². The maximum Gasteiger partial charge on any atom is 0.0671 e. The van der Waals surface area contributed by atoms with Gasteiger partial charge < -0.3 is 5.73 Å². The molecule has 0 aromatic heterocycles. The number of nitrogen functional groups attached to an aromatic ring is 1. The Morgan fingerprint density at radius 2 is 2.25 bits per heavy atom. The highest BCUT2D eigenvalue weighted by Crippen LogP contribution is 2.29. The second-order valence-electron chi connectivity index (χ2n) is 2.26. The van der Waals surface area contributed by atoms with Crippen molar-refractivity contribution in [2.24, 2.45) is 0 Å². The summed E-state index contributed by atoms with van der Waals surface area (Å²) in [5.74, 6) is 0. The summed E-state index contributed by atoms with van der Waals surface area (Å²) in [6.07, 6.45) is 0.240. The van der Waals surface area contributed by atoms with E-state index in [4.69, 9.17) is 22.6 Å². The lowest BCUT2D eigenvalue weighted by Crippen LogP contribution is -1.95. The molecule has 0 atom stereocenters. The molecule has 2 N–H and O–H groups in total. The average Bonchev–Trinajstić information content (AvgIpc) is 2.06. The largest absolute Gasteiger partial charge is 0.398 e. The summed E-state index contributed by atoms with van der Waals surface area (Å²) in [5.41, 5.74) is 6.92. The zero-order valence-corrected chi connectivity index (χ0v) is 8.48. The Morgan fingerprint density at radius 3 is 2.83 bits per heavy atom. The average molecular weight is 246 g/mol. The van der Waals surface area contributed by atoms with Crippen LogP contribution in [0.15, 0.2) is 16.6 Å². The van der Waals surface area contributed by atoms with E-state index < -0.39 is 0 Å². The molecule has 0 aliphatic carbocycles. The minimum absolute atomic E-state index is 0.240. The normalized spacial score (nSPS) is 9.42. The zero-order chi connectivity index (χ0) is 9.14. The fourth-order valence-electron chi connectivity index (χ4n) is 0.868. The van der Waals surface area contributed by atoms with Gasteiger partial charge in [0.05, 0.1) is 18.2 Å². The van der Waals surface area contributed by atoms with E-state index in [0.29, 0.717) is 16.3 Å². The summed E-state index contributed by atoms with van der Waals surface area (Å²) in [6.45, 7) is 0. The highest BCUT2D eigenvalue weighted by atomic mass is 79.9. The van der Waals surface area contributed by atoms with Crippen molar-refractivity contribution < 1.29 is 0 Å². The third-order valence-electron chi connectivity index (χ3n) is 1.50. The molecule has 0 bridgehead atoms. The monoisotopic (exact) mass is 244 g/mol. The lowest BCUT2D eigenvalue weighted by molar-refractivity contribution is 1.26. The van der Waals surface area contributed by atoms with E-state index in [1.165, 1.54) is 0 Å². The van der Waals surface area contributed by atoms with Crippen molar-refractivity contribution in [3.05, 3.63) is 27.2 Å². The summed E-state index contributed by atoms with van der Waals surface area (Å²) < 4.78 is 0.775. The third kappa shape index (κ3) is 1.71. The van der Waals surface area contributed by atoms with Gasteiger partial charge in [0.1, 0.15) is 0 Å². The number of hydrogen-bond acceptors (Lipinski definition) is 2. The molecule has 0 unspecified atom stereocenters. The van der Waals surface area contributed by atoms with E-state index in [2.05, 4.69) is 15.9 Å². The van der Waals surface area contributed by atoms with E-state index >= 15 is 0 Å². The summed E-state index contributed by atoms with van der Waals surface area (Å²) >= 11 is 9.09. The van der Waals surface area contributed by atoms with Gasteiger partial charge in [-0.05, 0) is 28.1 Å². The highest BCUT2D eigenvalue weighted by Gasteiger charge is 2.06. The molecule has 1 rings (SSSR count). The van der Waals surface area contributed by atoms with Crippen LogP contribution >= 0.6 is 27.5 Å². The molecule has 0 aliphatic rings. The predicted octanol–water partition coefficient (Wildman–Crippen LogP) is 2.75. The second-order valence-corrected chi connectivity index (χ2v) is 3.52. The van der Waals surface area contributed by atoms with Crippen molar-refractivity contribution in [1.82, 2.24) is 0 Å². The van der Waals surface area contributed by atoms with Gasteiger partial charge in [0, 0.05) is 15.1 Å². The van der Waals surface area contributed by atoms with Crippen LogP contribution in [0, 0.1) is 11.3 Å².